The summed E-state index contributed by atoms with van der Waals surface area (Å²) in [6.45, 7) is 4.04. The van der Waals surface area contributed by atoms with Crippen LogP contribution in [0, 0.1) is 0 Å². The second kappa shape index (κ2) is 9.48. The van der Waals surface area contributed by atoms with E-state index in [1.807, 2.05) is 38.1 Å². The van der Waals surface area contributed by atoms with Gasteiger partial charge in [0.1, 0.15) is 16.1 Å². The molecule has 0 spiro atoms. The third kappa shape index (κ3) is 4.36. The predicted molar refractivity (Wildman–Crippen MR) is 128 cm³/mol. The van der Waals surface area contributed by atoms with Crippen molar-refractivity contribution in [3.8, 4) is 0 Å². The summed E-state index contributed by atoms with van der Waals surface area (Å²) in [6.07, 6.45) is 3.95. The fourth-order valence-corrected chi connectivity index (χ4v) is 5.01. The number of amides is 1. The number of fused-ring (bicyclic) bond motifs is 3. The first kappa shape index (κ1) is 22.0. The molecule has 0 aliphatic heterocycles. The van der Waals surface area contributed by atoms with Crippen LogP contribution in [0.3, 0.4) is 0 Å². The van der Waals surface area contributed by atoms with E-state index in [4.69, 9.17) is 0 Å². The number of nitrogens with zero attached hydrogens (tertiary/aromatic N) is 3. The molecule has 0 aliphatic rings. The highest BCUT2D eigenvalue weighted by molar-refractivity contribution is 7.25. The van der Waals surface area contributed by atoms with Gasteiger partial charge in [0.15, 0.2) is 0 Å². The number of thiophene rings is 1. The zero-order valence-corrected chi connectivity index (χ0v) is 19.0. The van der Waals surface area contributed by atoms with E-state index in [0.29, 0.717) is 28.0 Å². The first-order chi connectivity index (χ1) is 15.5. The molecule has 0 radical (unpaired) electrons. The zero-order valence-electron chi connectivity index (χ0n) is 18.2. The fourth-order valence-electron chi connectivity index (χ4n) is 3.91. The summed E-state index contributed by atoms with van der Waals surface area (Å²) in [6, 6.07) is 13.7. The number of aryl methyl sites for hydroxylation is 1. The Morgan fingerprint density at radius 1 is 1.12 bits per heavy atom. The molecule has 1 amide bonds. The number of pyridine rings is 1. The van der Waals surface area contributed by atoms with Crippen LogP contribution in [0.25, 0.3) is 20.4 Å². The molecule has 3 aromatic heterocycles. The third-order valence-electron chi connectivity index (χ3n) is 5.48. The first-order valence-electron chi connectivity index (χ1n) is 10.8. The van der Waals surface area contributed by atoms with Crippen molar-refractivity contribution in [1.29, 1.82) is 0 Å². The molecule has 32 heavy (non-hydrogen) atoms. The Kier molecular flexibility index (Phi) is 6.50. The van der Waals surface area contributed by atoms with E-state index in [2.05, 4.69) is 22.4 Å². The monoisotopic (exact) mass is 450 g/mol. The molecule has 1 N–H and O–H groups in total. The molecule has 4 aromatic rings. The van der Waals surface area contributed by atoms with Crippen LogP contribution >= 0.6 is 11.3 Å². The molecular weight excluding hydrogens is 424 g/mol. The number of rotatable bonds is 8. The summed E-state index contributed by atoms with van der Waals surface area (Å²) in [7, 11) is 0. The fraction of sp³-hybridized carbons (Fsp3) is 0.333. The van der Waals surface area contributed by atoms with Gasteiger partial charge in [-0.1, -0.05) is 37.3 Å². The van der Waals surface area contributed by atoms with Gasteiger partial charge in [0.2, 0.25) is 5.91 Å². The van der Waals surface area contributed by atoms with E-state index < -0.39 is 5.69 Å². The van der Waals surface area contributed by atoms with Gasteiger partial charge in [-0.25, -0.2) is 9.78 Å². The summed E-state index contributed by atoms with van der Waals surface area (Å²) in [5.41, 5.74) is 0.936. The van der Waals surface area contributed by atoms with Gasteiger partial charge in [0.25, 0.3) is 5.56 Å². The smallest absolute Gasteiger partial charge is 0.332 e. The Bertz CT molecular complexity index is 1370. The second-order valence-corrected chi connectivity index (χ2v) is 8.95. The maximum atomic E-state index is 13.2. The molecule has 0 saturated heterocycles. The SMILES string of the molecule is CCCn1c(=O)c2sc3ncccc3c2n(CC(=O)N[C@@H](C)CCc2ccccc2)c1=O. The standard InChI is InChI=1S/C24H26N4O3S/c1-3-14-27-23(30)21-20(18-10-7-13-25-22(18)32-21)28(24(27)31)15-19(29)26-16(2)11-12-17-8-5-4-6-9-17/h4-10,13,16H,3,11-12,14-15H2,1-2H3,(H,26,29)/t16-/m0/s1. The van der Waals surface area contributed by atoms with Crippen molar-refractivity contribution >= 4 is 37.7 Å². The van der Waals surface area contributed by atoms with E-state index in [9.17, 15) is 14.4 Å². The van der Waals surface area contributed by atoms with Crippen molar-refractivity contribution in [2.45, 2.75) is 52.2 Å². The van der Waals surface area contributed by atoms with Crippen LogP contribution < -0.4 is 16.6 Å². The maximum Gasteiger partial charge on any atom is 0.332 e. The predicted octanol–water partition coefficient (Wildman–Crippen LogP) is 3.32. The van der Waals surface area contributed by atoms with Gasteiger partial charge in [0.05, 0.1) is 5.52 Å². The molecule has 0 aliphatic carbocycles. The van der Waals surface area contributed by atoms with E-state index in [1.54, 1.807) is 12.3 Å². The van der Waals surface area contributed by atoms with Crippen LogP contribution in [0.1, 0.15) is 32.3 Å². The Hall–Kier alpha value is -3.26. The quantitative estimate of drug-likeness (QED) is 0.446. The Morgan fingerprint density at radius 2 is 1.91 bits per heavy atom. The average Bonchev–Trinajstić information content (AvgIpc) is 3.18. The molecule has 4 rings (SSSR count). The highest BCUT2D eigenvalue weighted by Crippen LogP contribution is 2.29. The molecule has 0 saturated carbocycles. The maximum absolute atomic E-state index is 13.2. The van der Waals surface area contributed by atoms with Gasteiger partial charge in [-0.15, -0.1) is 11.3 Å². The van der Waals surface area contributed by atoms with Gasteiger partial charge in [-0.05, 0) is 43.9 Å². The van der Waals surface area contributed by atoms with E-state index in [-0.39, 0.29) is 24.1 Å². The Balaban J connectivity index is 1.63. The van der Waals surface area contributed by atoms with Gasteiger partial charge in [0, 0.05) is 24.2 Å². The van der Waals surface area contributed by atoms with Crippen LogP contribution in [-0.2, 0) is 24.3 Å². The number of carbonyl (C=O) groups excluding carboxylic acids is 1. The van der Waals surface area contributed by atoms with Crippen molar-refractivity contribution in [1.82, 2.24) is 19.4 Å². The molecule has 0 fully saturated rings. The van der Waals surface area contributed by atoms with E-state index >= 15 is 0 Å². The highest BCUT2D eigenvalue weighted by atomic mass is 32.1. The molecule has 0 bridgehead atoms. The van der Waals surface area contributed by atoms with Crippen molar-refractivity contribution in [3.05, 3.63) is 75.1 Å². The van der Waals surface area contributed by atoms with Gasteiger partial charge in [-0.2, -0.15) is 0 Å². The topological polar surface area (TPSA) is 86.0 Å². The van der Waals surface area contributed by atoms with Crippen LogP contribution in [0.5, 0.6) is 0 Å². The Morgan fingerprint density at radius 3 is 2.66 bits per heavy atom. The summed E-state index contributed by atoms with van der Waals surface area (Å²) in [5, 5.41) is 3.72. The van der Waals surface area contributed by atoms with E-state index in [0.717, 1.165) is 18.2 Å². The van der Waals surface area contributed by atoms with Crippen molar-refractivity contribution in [3.63, 3.8) is 0 Å². The molecular formula is C24H26N4O3S. The average molecular weight is 451 g/mol. The lowest BCUT2D eigenvalue weighted by atomic mass is 10.1. The summed E-state index contributed by atoms with van der Waals surface area (Å²) >= 11 is 1.26. The highest BCUT2D eigenvalue weighted by Gasteiger charge is 2.20. The summed E-state index contributed by atoms with van der Waals surface area (Å²) in [5.74, 6) is -0.251. The minimum atomic E-state index is -0.458. The number of nitrogens with one attached hydrogen (secondary N) is 1. The van der Waals surface area contributed by atoms with Gasteiger partial charge >= 0.3 is 5.69 Å². The first-order valence-corrected chi connectivity index (χ1v) is 11.7. The van der Waals surface area contributed by atoms with Crippen LogP contribution in [0.2, 0.25) is 0 Å². The summed E-state index contributed by atoms with van der Waals surface area (Å²) in [4.78, 5) is 44.1. The molecule has 1 aromatic carbocycles. The number of hydrogen-bond acceptors (Lipinski definition) is 5. The third-order valence-corrected chi connectivity index (χ3v) is 6.57. The lowest BCUT2D eigenvalue weighted by Gasteiger charge is -2.16. The van der Waals surface area contributed by atoms with Crippen molar-refractivity contribution in [2.24, 2.45) is 0 Å². The van der Waals surface area contributed by atoms with Crippen LogP contribution in [0.4, 0.5) is 0 Å². The Labute approximate surface area is 189 Å². The second-order valence-electron chi connectivity index (χ2n) is 7.95. The molecule has 7 nitrogen and oxygen atoms in total. The number of carbonyl (C=O) groups is 1. The number of hydrogen-bond donors (Lipinski definition) is 1. The number of benzene rings is 1. The minimum Gasteiger partial charge on any atom is -0.352 e. The van der Waals surface area contributed by atoms with Crippen molar-refractivity contribution < 1.29 is 4.79 Å². The number of aromatic nitrogens is 3. The van der Waals surface area contributed by atoms with Gasteiger partial charge in [-0.3, -0.25) is 18.7 Å². The molecule has 8 heteroatoms. The molecule has 166 valence electrons. The van der Waals surface area contributed by atoms with Crippen LogP contribution in [0.15, 0.2) is 58.3 Å². The van der Waals surface area contributed by atoms with E-state index in [1.165, 1.54) is 26.0 Å². The van der Waals surface area contributed by atoms with Crippen LogP contribution in [-0.4, -0.2) is 26.1 Å². The molecule has 0 unspecified atom stereocenters. The molecule has 3 heterocycles. The lowest BCUT2D eigenvalue weighted by molar-refractivity contribution is -0.122. The molecule has 1 atom stereocenters. The zero-order chi connectivity index (χ0) is 22.7. The normalized spacial score (nSPS) is 12.3. The lowest BCUT2D eigenvalue weighted by Crippen LogP contribution is -2.43. The minimum absolute atomic E-state index is 0.0451. The van der Waals surface area contributed by atoms with Crippen molar-refractivity contribution in [2.75, 3.05) is 0 Å². The summed E-state index contributed by atoms with van der Waals surface area (Å²) < 4.78 is 3.10. The largest absolute Gasteiger partial charge is 0.352 e. The van der Waals surface area contributed by atoms with Gasteiger partial charge < -0.3 is 5.32 Å².